The Morgan fingerprint density at radius 1 is 1.00 bits per heavy atom. The summed E-state index contributed by atoms with van der Waals surface area (Å²) in [5.74, 6) is 0.940. The van der Waals surface area contributed by atoms with Gasteiger partial charge >= 0.3 is 5.97 Å². The minimum atomic E-state index is -3.44. The Morgan fingerprint density at radius 3 is 2.39 bits per heavy atom. The molecule has 0 unspecified atom stereocenters. The van der Waals surface area contributed by atoms with Gasteiger partial charge in [0.2, 0.25) is 10.0 Å². The van der Waals surface area contributed by atoms with E-state index in [0.717, 1.165) is 37.0 Å². The second kappa shape index (κ2) is 11.8. The van der Waals surface area contributed by atoms with Crippen LogP contribution < -0.4 is 9.46 Å². The second-order valence-corrected chi connectivity index (χ2v) is 12.1. The van der Waals surface area contributed by atoms with Crippen molar-refractivity contribution in [3.8, 4) is 5.75 Å². The van der Waals surface area contributed by atoms with Gasteiger partial charge in [-0.1, -0.05) is 48.5 Å². The van der Waals surface area contributed by atoms with E-state index in [2.05, 4.69) is 29.0 Å². The zero-order valence-electron chi connectivity index (χ0n) is 21.1. The van der Waals surface area contributed by atoms with Gasteiger partial charge in [0.05, 0.1) is 30.5 Å². The average molecular weight is 516 g/mol. The SMILES string of the molecule is CNS(=O)(=O)[C@H]1CC[C@](COC2CCC(c3ccccc3OCc3ccccc3)CC2)(C(=O)OC)C1. The molecule has 0 radical (unpaired) electrons. The van der Waals surface area contributed by atoms with Crippen molar-refractivity contribution in [3.05, 3.63) is 65.7 Å². The lowest BCUT2D eigenvalue weighted by atomic mass is 9.82. The summed E-state index contributed by atoms with van der Waals surface area (Å²) >= 11 is 0. The predicted molar refractivity (Wildman–Crippen MR) is 138 cm³/mol. The van der Waals surface area contributed by atoms with Crippen molar-refractivity contribution in [1.29, 1.82) is 0 Å². The summed E-state index contributed by atoms with van der Waals surface area (Å²) in [6.45, 7) is 0.734. The minimum Gasteiger partial charge on any atom is -0.489 e. The molecule has 2 saturated carbocycles. The summed E-state index contributed by atoms with van der Waals surface area (Å²) in [6.07, 6.45) is 4.85. The monoisotopic (exact) mass is 515 g/mol. The number of benzene rings is 2. The molecule has 36 heavy (non-hydrogen) atoms. The molecule has 0 amide bonds. The summed E-state index contributed by atoms with van der Waals surface area (Å²) in [5.41, 5.74) is 1.47. The Kier molecular flexibility index (Phi) is 8.70. The van der Waals surface area contributed by atoms with Crippen LogP contribution in [-0.4, -0.2) is 46.5 Å². The van der Waals surface area contributed by atoms with Crippen LogP contribution in [0.4, 0.5) is 0 Å². The number of hydrogen-bond acceptors (Lipinski definition) is 6. The van der Waals surface area contributed by atoms with Crippen LogP contribution in [0.15, 0.2) is 54.6 Å². The molecule has 8 heteroatoms. The van der Waals surface area contributed by atoms with E-state index in [4.69, 9.17) is 14.2 Å². The van der Waals surface area contributed by atoms with Crippen LogP contribution in [0.25, 0.3) is 0 Å². The molecular formula is C28H37NO6S. The maximum atomic E-state index is 12.7. The van der Waals surface area contributed by atoms with E-state index in [1.165, 1.54) is 19.7 Å². The molecule has 2 atom stereocenters. The fourth-order valence-corrected chi connectivity index (χ4v) is 6.90. The number of methoxy groups -OCH3 is 1. The minimum absolute atomic E-state index is 0.0418. The van der Waals surface area contributed by atoms with Gasteiger partial charge in [-0.25, -0.2) is 13.1 Å². The zero-order valence-corrected chi connectivity index (χ0v) is 22.0. The highest BCUT2D eigenvalue weighted by Crippen LogP contribution is 2.44. The number of carbonyl (C=O) groups excluding carboxylic acids is 1. The summed E-state index contributed by atoms with van der Waals surface area (Å²) in [7, 11) is -0.680. The Hall–Kier alpha value is -2.42. The highest BCUT2D eigenvalue weighted by Gasteiger charge is 2.50. The number of para-hydroxylation sites is 1. The highest BCUT2D eigenvalue weighted by molar-refractivity contribution is 7.90. The molecule has 2 aliphatic carbocycles. The summed E-state index contributed by atoms with van der Waals surface area (Å²) in [6, 6.07) is 18.4. The Labute approximate surface area is 214 Å². The maximum Gasteiger partial charge on any atom is 0.314 e. The van der Waals surface area contributed by atoms with E-state index in [0.29, 0.717) is 25.4 Å². The fraction of sp³-hybridized carbons (Fsp3) is 0.536. The molecule has 7 nitrogen and oxygen atoms in total. The van der Waals surface area contributed by atoms with Crippen LogP contribution in [0.2, 0.25) is 0 Å². The van der Waals surface area contributed by atoms with Crippen molar-refractivity contribution in [2.75, 3.05) is 20.8 Å². The Morgan fingerprint density at radius 2 is 1.69 bits per heavy atom. The lowest BCUT2D eigenvalue weighted by Crippen LogP contribution is -2.39. The Balaban J connectivity index is 1.33. The highest BCUT2D eigenvalue weighted by atomic mass is 32.2. The van der Waals surface area contributed by atoms with Gasteiger partial charge in [0.1, 0.15) is 12.4 Å². The van der Waals surface area contributed by atoms with Gasteiger partial charge in [0.15, 0.2) is 0 Å². The summed E-state index contributed by atoms with van der Waals surface area (Å²) in [4.78, 5) is 12.7. The molecule has 0 saturated heterocycles. The smallest absolute Gasteiger partial charge is 0.314 e. The van der Waals surface area contributed by atoms with Gasteiger partial charge < -0.3 is 14.2 Å². The zero-order chi connectivity index (χ0) is 25.6. The van der Waals surface area contributed by atoms with Gasteiger partial charge in [-0.2, -0.15) is 0 Å². The first-order valence-corrected chi connectivity index (χ1v) is 14.3. The van der Waals surface area contributed by atoms with Gasteiger partial charge in [0.25, 0.3) is 0 Å². The summed E-state index contributed by atoms with van der Waals surface area (Å²) in [5, 5.41) is -0.603. The van der Waals surface area contributed by atoms with Gasteiger partial charge in [-0.05, 0) is 75.1 Å². The lowest BCUT2D eigenvalue weighted by molar-refractivity contribution is -0.158. The number of sulfonamides is 1. The number of hydrogen-bond donors (Lipinski definition) is 1. The second-order valence-electron chi connectivity index (χ2n) is 9.98. The standard InChI is InChI=1S/C28H37NO6S/c1-29-36(31,32)24-16-17-28(18-24,27(30)33-2)20-35-23-14-12-22(13-15-23)25-10-6-7-11-26(25)34-19-21-8-4-3-5-9-21/h3-11,22-24,29H,12-20H2,1-2H3/t22?,23?,24-,28-/m0/s1. The van der Waals surface area contributed by atoms with Crippen LogP contribution in [0, 0.1) is 5.41 Å². The van der Waals surface area contributed by atoms with Crippen molar-refractivity contribution in [2.24, 2.45) is 5.41 Å². The van der Waals surface area contributed by atoms with E-state index in [1.54, 1.807) is 0 Å². The summed E-state index contributed by atoms with van der Waals surface area (Å²) < 4.78 is 44.5. The number of esters is 1. The van der Waals surface area contributed by atoms with Gasteiger partial charge in [-0.3, -0.25) is 4.79 Å². The van der Waals surface area contributed by atoms with E-state index in [1.807, 2.05) is 30.3 Å². The molecule has 196 valence electrons. The molecule has 2 aliphatic rings. The van der Waals surface area contributed by atoms with Crippen molar-refractivity contribution in [2.45, 2.75) is 68.8 Å². The van der Waals surface area contributed by atoms with Crippen molar-refractivity contribution < 1.29 is 27.4 Å². The molecule has 2 fully saturated rings. The van der Waals surface area contributed by atoms with E-state index in [9.17, 15) is 13.2 Å². The number of carbonyl (C=O) groups is 1. The molecular weight excluding hydrogens is 478 g/mol. The molecule has 1 N–H and O–H groups in total. The van der Waals surface area contributed by atoms with Crippen molar-refractivity contribution >= 4 is 16.0 Å². The molecule has 0 aliphatic heterocycles. The third kappa shape index (κ3) is 6.10. The number of nitrogens with one attached hydrogen (secondary N) is 1. The predicted octanol–water partition coefficient (Wildman–Crippen LogP) is 4.57. The first-order chi connectivity index (χ1) is 17.4. The van der Waals surface area contributed by atoms with Crippen molar-refractivity contribution in [1.82, 2.24) is 4.72 Å². The molecule has 2 aromatic carbocycles. The van der Waals surface area contributed by atoms with Gasteiger partial charge in [-0.15, -0.1) is 0 Å². The molecule has 0 aromatic heterocycles. The molecule has 2 aromatic rings. The van der Waals surface area contributed by atoms with Crippen LogP contribution in [0.5, 0.6) is 5.75 Å². The topological polar surface area (TPSA) is 90.9 Å². The average Bonchev–Trinajstić information content (AvgIpc) is 3.38. The van der Waals surface area contributed by atoms with E-state index < -0.39 is 20.7 Å². The van der Waals surface area contributed by atoms with Gasteiger partial charge in [0, 0.05) is 0 Å². The number of rotatable bonds is 10. The van der Waals surface area contributed by atoms with Crippen molar-refractivity contribution in [3.63, 3.8) is 0 Å². The molecule has 4 rings (SSSR count). The lowest BCUT2D eigenvalue weighted by Gasteiger charge is -2.33. The quantitative estimate of drug-likeness (QED) is 0.466. The largest absolute Gasteiger partial charge is 0.489 e. The fourth-order valence-electron chi connectivity index (χ4n) is 5.60. The third-order valence-corrected chi connectivity index (χ3v) is 9.62. The molecule has 0 heterocycles. The first kappa shape index (κ1) is 26.6. The Bertz CT molecular complexity index is 1110. The normalized spacial score (nSPS) is 26.4. The van der Waals surface area contributed by atoms with Crippen LogP contribution in [-0.2, 0) is 30.9 Å². The van der Waals surface area contributed by atoms with E-state index >= 15 is 0 Å². The van der Waals surface area contributed by atoms with Crippen LogP contribution in [0.1, 0.15) is 62.0 Å². The number of ether oxygens (including phenoxy) is 3. The molecule has 0 spiro atoms. The molecule has 0 bridgehead atoms. The van der Waals surface area contributed by atoms with Crippen LogP contribution >= 0.6 is 0 Å². The third-order valence-electron chi connectivity index (χ3n) is 7.77. The van der Waals surface area contributed by atoms with E-state index in [-0.39, 0.29) is 25.1 Å². The van der Waals surface area contributed by atoms with Crippen LogP contribution in [0.3, 0.4) is 0 Å². The maximum absolute atomic E-state index is 12.7. The first-order valence-electron chi connectivity index (χ1n) is 12.7.